The number of hydrogen-bond acceptors (Lipinski definition) is 2. The molecule has 15 rings (SSSR count). The van der Waals surface area contributed by atoms with Crippen molar-refractivity contribution in [2.45, 2.75) is 37.5 Å². The maximum absolute atomic E-state index is 2.44. The van der Waals surface area contributed by atoms with Crippen LogP contribution < -0.4 is 9.80 Å². The van der Waals surface area contributed by atoms with Gasteiger partial charge in [0.1, 0.15) is 0 Å². The molecule has 92 heavy (non-hydrogen) atoms. The van der Waals surface area contributed by atoms with Crippen LogP contribution in [0.4, 0.5) is 34.1 Å². The van der Waals surface area contributed by atoms with Gasteiger partial charge in [0.2, 0.25) is 0 Å². The van der Waals surface area contributed by atoms with E-state index in [1.807, 2.05) is 0 Å². The van der Waals surface area contributed by atoms with E-state index in [0.29, 0.717) is 0 Å². The highest BCUT2D eigenvalue weighted by molar-refractivity contribution is 5.87. The van der Waals surface area contributed by atoms with E-state index in [2.05, 4.69) is 374 Å². The molecule has 0 heterocycles. The summed E-state index contributed by atoms with van der Waals surface area (Å²) in [6.07, 6.45) is 5.76. The van der Waals surface area contributed by atoms with Crippen LogP contribution in [0.15, 0.2) is 364 Å². The molecule has 0 aromatic heterocycles. The number of benzene rings is 14. The molecule has 0 atom stereocenters. The van der Waals surface area contributed by atoms with Crippen LogP contribution in [0.1, 0.15) is 43.2 Å². The van der Waals surface area contributed by atoms with Gasteiger partial charge < -0.3 is 9.80 Å². The molecule has 1 saturated carbocycles. The molecule has 14 aromatic rings. The van der Waals surface area contributed by atoms with Gasteiger partial charge in [0, 0.05) is 39.5 Å². The van der Waals surface area contributed by atoms with Gasteiger partial charge in [-0.05, 0) is 210 Å². The first-order chi connectivity index (χ1) is 45.5. The predicted octanol–water partition coefficient (Wildman–Crippen LogP) is 25.2. The molecule has 1 aliphatic rings. The van der Waals surface area contributed by atoms with Gasteiger partial charge in [-0.15, -0.1) is 0 Å². The van der Waals surface area contributed by atoms with Crippen LogP contribution in [0.2, 0.25) is 0 Å². The van der Waals surface area contributed by atoms with E-state index in [1.165, 1.54) is 119 Å². The zero-order valence-corrected chi connectivity index (χ0v) is 51.6. The van der Waals surface area contributed by atoms with Crippen molar-refractivity contribution in [2.75, 3.05) is 9.80 Å². The molecular formula is C90H70N2. The minimum absolute atomic E-state index is 0.161. The first kappa shape index (κ1) is 57.1. The molecule has 0 aliphatic heterocycles. The van der Waals surface area contributed by atoms with E-state index < -0.39 is 0 Å². The van der Waals surface area contributed by atoms with Gasteiger partial charge in [-0.25, -0.2) is 0 Å². The van der Waals surface area contributed by atoms with Crippen LogP contribution in [-0.2, 0) is 5.41 Å². The topological polar surface area (TPSA) is 6.48 Å². The lowest BCUT2D eigenvalue weighted by Gasteiger charge is -2.39. The van der Waals surface area contributed by atoms with Gasteiger partial charge in [-0.3, -0.25) is 0 Å². The van der Waals surface area contributed by atoms with Crippen molar-refractivity contribution in [3.05, 3.63) is 375 Å². The predicted molar refractivity (Wildman–Crippen MR) is 390 cm³/mol. The summed E-state index contributed by atoms with van der Waals surface area (Å²) in [4.78, 5) is 4.89. The highest BCUT2D eigenvalue weighted by Gasteiger charge is 2.36. The molecule has 1 aliphatic carbocycles. The van der Waals surface area contributed by atoms with Crippen molar-refractivity contribution in [3.63, 3.8) is 0 Å². The largest absolute Gasteiger partial charge is 0.310 e. The molecule has 0 N–H and O–H groups in total. The minimum Gasteiger partial charge on any atom is -0.310 e. The Kier molecular flexibility index (Phi) is 16.2. The number of rotatable bonds is 16. The second kappa shape index (κ2) is 26.0. The monoisotopic (exact) mass is 1180 g/mol. The van der Waals surface area contributed by atoms with E-state index in [0.717, 1.165) is 47.0 Å². The third kappa shape index (κ3) is 12.0. The summed E-state index contributed by atoms with van der Waals surface area (Å²) < 4.78 is 0. The molecular weight excluding hydrogens is 1110 g/mol. The second-order valence-corrected chi connectivity index (χ2v) is 24.4. The van der Waals surface area contributed by atoms with Crippen molar-refractivity contribution in [2.24, 2.45) is 0 Å². The molecule has 2 heteroatoms. The number of anilines is 6. The molecule has 0 radical (unpaired) electrons. The van der Waals surface area contributed by atoms with Gasteiger partial charge in [-0.1, -0.05) is 286 Å². The van der Waals surface area contributed by atoms with Crippen LogP contribution in [0.25, 0.3) is 89.0 Å². The molecule has 0 bridgehead atoms. The Morgan fingerprint density at radius 3 is 0.620 bits per heavy atom. The van der Waals surface area contributed by atoms with Crippen LogP contribution in [0.3, 0.4) is 0 Å². The second-order valence-electron chi connectivity index (χ2n) is 24.4. The molecule has 0 spiro atoms. The van der Waals surface area contributed by atoms with Gasteiger partial charge >= 0.3 is 0 Å². The quantitative estimate of drug-likeness (QED) is 0.0951. The first-order valence-electron chi connectivity index (χ1n) is 32.4. The summed E-state index contributed by atoms with van der Waals surface area (Å²) in [5.74, 6) is 0. The van der Waals surface area contributed by atoms with E-state index in [4.69, 9.17) is 0 Å². The van der Waals surface area contributed by atoms with Crippen molar-refractivity contribution in [3.8, 4) is 89.0 Å². The maximum Gasteiger partial charge on any atom is 0.0467 e. The van der Waals surface area contributed by atoms with Crippen molar-refractivity contribution in [1.29, 1.82) is 0 Å². The summed E-state index contributed by atoms with van der Waals surface area (Å²) in [5, 5.41) is 0. The standard InChI is InChI=1S/C90H70N2/c1-6-24-66(25-7-1)70-32-16-36-74(58-70)78-40-20-44-86(62-78)91(87-45-21-41-79(63-87)75-37-17-33-71(59-75)67-26-8-2-9-27-67)84-52-48-82(49-53-84)90(56-14-5-15-57-90)83-50-54-85(55-51-83)92(88-46-22-42-80(64-88)76-38-18-34-72(60-76)68-28-10-3-11-29-68)89-47-23-43-81(65-89)77-39-19-35-73(61-77)69-30-12-4-13-31-69/h1-4,6-13,16-55,58-65H,5,14-15,56-57H2. The lowest BCUT2D eigenvalue weighted by atomic mass is 9.65. The fourth-order valence-corrected chi connectivity index (χ4v) is 14.0. The lowest BCUT2D eigenvalue weighted by molar-refractivity contribution is 0.346. The highest BCUT2D eigenvalue weighted by Crippen LogP contribution is 2.48. The molecule has 0 unspecified atom stereocenters. The molecule has 14 aromatic carbocycles. The fraction of sp³-hybridized carbons (Fsp3) is 0.0667. The summed E-state index contributed by atoms with van der Waals surface area (Å²) in [6, 6.07) is 134. The Labute approximate surface area is 542 Å². The average Bonchev–Trinajstić information content (AvgIpc) is 0.836. The van der Waals surface area contributed by atoms with Crippen molar-refractivity contribution >= 4 is 34.1 Å². The lowest BCUT2D eigenvalue weighted by Crippen LogP contribution is -2.30. The van der Waals surface area contributed by atoms with Crippen molar-refractivity contribution < 1.29 is 0 Å². The minimum atomic E-state index is -0.161. The Morgan fingerprint density at radius 2 is 0.370 bits per heavy atom. The van der Waals surface area contributed by atoms with E-state index in [9.17, 15) is 0 Å². The Morgan fingerprint density at radius 1 is 0.163 bits per heavy atom. The highest BCUT2D eigenvalue weighted by atomic mass is 15.1. The van der Waals surface area contributed by atoms with Gasteiger partial charge in [0.05, 0.1) is 0 Å². The SMILES string of the molecule is c1ccc(-c2cccc(-c3cccc(N(c4ccc(C5(c6ccc(N(c7cccc(-c8cccc(-c9ccccc9)c8)c7)c7cccc(-c8cccc(-c9ccccc9)c8)c7)cc6)CCCCC5)cc4)c4cccc(-c5cccc(-c6ccccc6)c5)c4)c3)c2)cc1. The summed E-state index contributed by atoms with van der Waals surface area (Å²) in [5.41, 5.74) is 28.2. The summed E-state index contributed by atoms with van der Waals surface area (Å²) in [7, 11) is 0. The van der Waals surface area contributed by atoms with E-state index >= 15 is 0 Å². The smallest absolute Gasteiger partial charge is 0.0467 e. The van der Waals surface area contributed by atoms with Gasteiger partial charge in [0.15, 0.2) is 0 Å². The van der Waals surface area contributed by atoms with Crippen molar-refractivity contribution in [1.82, 2.24) is 0 Å². The molecule has 0 saturated heterocycles. The Balaban J connectivity index is 0.803. The Hall–Kier alpha value is -11.3. The normalized spacial score (nSPS) is 12.7. The van der Waals surface area contributed by atoms with E-state index in [1.54, 1.807) is 0 Å². The van der Waals surface area contributed by atoms with Crippen LogP contribution in [0, 0.1) is 0 Å². The first-order valence-corrected chi connectivity index (χ1v) is 32.4. The van der Waals surface area contributed by atoms with Crippen LogP contribution in [-0.4, -0.2) is 0 Å². The Bertz CT molecular complexity index is 4260. The third-order valence-electron chi connectivity index (χ3n) is 18.7. The molecule has 0 amide bonds. The summed E-state index contributed by atoms with van der Waals surface area (Å²) in [6.45, 7) is 0. The zero-order chi connectivity index (χ0) is 61.5. The van der Waals surface area contributed by atoms with Crippen LogP contribution >= 0.6 is 0 Å². The van der Waals surface area contributed by atoms with Gasteiger partial charge in [0.25, 0.3) is 0 Å². The number of nitrogens with zero attached hydrogens (tertiary/aromatic N) is 2. The van der Waals surface area contributed by atoms with Crippen LogP contribution in [0.5, 0.6) is 0 Å². The summed E-state index contributed by atoms with van der Waals surface area (Å²) >= 11 is 0. The molecule has 440 valence electrons. The number of hydrogen-bond donors (Lipinski definition) is 0. The third-order valence-corrected chi connectivity index (χ3v) is 18.7. The maximum atomic E-state index is 2.44. The molecule has 1 fully saturated rings. The molecule has 2 nitrogen and oxygen atoms in total. The van der Waals surface area contributed by atoms with E-state index in [-0.39, 0.29) is 5.41 Å². The van der Waals surface area contributed by atoms with Gasteiger partial charge in [-0.2, -0.15) is 0 Å². The fourth-order valence-electron chi connectivity index (χ4n) is 14.0. The average molecular weight is 1180 g/mol. The zero-order valence-electron chi connectivity index (χ0n) is 51.6.